The van der Waals surface area contributed by atoms with Crippen molar-refractivity contribution in [2.45, 2.75) is 44.6 Å². The molecule has 1 aliphatic heterocycles. The van der Waals surface area contributed by atoms with Crippen molar-refractivity contribution in [3.05, 3.63) is 71.6 Å². The highest BCUT2D eigenvalue weighted by molar-refractivity contribution is 5.65. The maximum Gasteiger partial charge on any atom is 0.160 e. The van der Waals surface area contributed by atoms with E-state index in [1.165, 1.54) is 6.07 Å². The smallest absolute Gasteiger partial charge is 0.160 e. The molecule has 166 valence electrons. The standard InChI is InChI=1S/C25H26F4O2/c1-2-15-13-30-25(31-14-15)17-5-3-16(4-6-17)18-7-8-20(22(27)9-18)19-10-23(28)21(12-26)24(29)11-19/h2,7-11,15-17,25H,1,3-6,12-14H2. The van der Waals surface area contributed by atoms with Crippen LogP contribution in [0.3, 0.4) is 0 Å². The third kappa shape index (κ3) is 4.70. The van der Waals surface area contributed by atoms with E-state index in [1.807, 2.05) is 12.1 Å². The van der Waals surface area contributed by atoms with Crippen molar-refractivity contribution in [1.82, 2.24) is 0 Å². The van der Waals surface area contributed by atoms with Crippen LogP contribution in [-0.4, -0.2) is 19.5 Å². The van der Waals surface area contributed by atoms with Gasteiger partial charge in [-0.3, -0.25) is 0 Å². The maximum atomic E-state index is 14.8. The van der Waals surface area contributed by atoms with Gasteiger partial charge in [0.2, 0.25) is 0 Å². The van der Waals surface area contributed by atoms with Gasteiger partial charge in [0.15, 0.2) is 6.29 Å². The van der Waals surface area contributed by atoms with Crippen LogP contribution in [0.1, 0.15) is 42.7 Å². The highest BCUT2D eigenvalue weighted by Crippen LogP contribution is 2.40. The lowest BCUT2D eigenvalue weighted by Crippen LogP contribution is -2.37. The lowest BCUT2D eigenvalue weighted by atomic mass is 9.78. The van der Waals surface area contributed by atoms with Crippen molar-refractivity contribution in [3.63, 3.8) is 0 Å². The summed E-state index contributed by atoms with van der Waals surface area (Å²) in [7, 11) is 0. The van der Waals surface area contributed by atoms with Crippen molar-refractivity contribution >= 4 is 0 Å². The zero-order valence-electron chi connectivity index (χ0n) is 17.3. The van der Waals surface area contributed by atoms with E-state index < -0.39 is 29.7 Å². The fourth-order valence-corrected chi connectivity index (χ4v) is 4.57. The molecule has 1 aliphatic carbocycles. The van der Waals surface area contributed by atoms with Crippen molar-refractivity contribution in [1.29, 1.82) is 0 Å². The van der Waals surface area contributed by atoms with Gasteiger partial charge in [0.05, 0.1) is 18.8 Å². The number of hydrogen-bond donors (Lipinski definition) is 0. The number of alkyl halides is 1. The first-order chi connectivity index (χ1) is 15.0. The minimum atomic E-state index is -1.24. The summed E-state index contributed by atoms with van der Waals surface area (Å²) in [4.78, 5) is 0. The molecule has 6 heteroatoms. The average molecular weight is 434 g/mol. The Morgan fingerprint density at radius 1 is 0.903 bits per heavy atom. The van der Waals surface area contributed by atoms with E-state index in [4.69, 9.17) is 9.47 Å². The SMILES string of the molecule is C=CC1COC(C2CCC(c3ccc(-c4cc(F)c(CF)c(F)c4)c(F)c3)CC2)OC1. The monoisotopic (exact) mass is 434 g/mol. The molecule has 0 N–H and O–H groups in total. The van der Waals surface area contributed by atoms with E-state index in [9.17, 15) is 17.6 Å². The molecule has 0 radical (unpaired) electrons. The quantitative estimate of drug-likeness (QED) is 0.386. The highest BCUT2D eigenvalue weighted by Gasteiger charge is 2.32. The minimum Gasteiger partial charge on any atom is -0.352 e. The largest absolute Gasteiger partial charge is 0.352 e. The minimum absolute atomic E-state index is 0.0596. The molecule has 2 aliphatic rings. The molecule has 0 spiro atoms. The van der Waals surface area contributed by atoms with Crippen LogP contribution >= 0.6 is 0 Å². The molecular formula is C25H26F4O2. The molecule has 1 saturated heterocycles. The second-order valence-corrected chi connectivity index (χ2v) is 8.43. The van der Waals surface area contributed by atoms with Gasteiger partial charge < -0.3 is 9.47 Å². The van der Waals surface area contributed by atoms with Gasteiger partial charge in [-0.15, -0.1) is 6.58 Å². The topological polar surface area (TPSA) is 18.5 Å². The Morgan fingerprint density at radius 2 is 1.55 bits per heavy atom. The van der Waals surface area contributed by atoms with E-state index >= 15 is 0 Å². The molecule has 0 amide bonds. The normalized spacial score (nSPS) is 26.6. The Hall–Kier alpha value is -2.18. The van der Waals surface area contributed by atoms with E-state index in [0.29, 0.717) is 19.1 Å². The zero-order chi connectivity index (χ0) is 22.0. The van der Waals surface area contributed by atoms with Crippen LogP contribution in [0.5, 0.6) is 0 Å². The van der Waals surface area contributed by atoms with Crippen molar-refractivity contribution in [3.8, 4) is 11.1 Å². The number of rotatable bonds is 5. The average Bonchev–Trinajstić information content (AvgIpc) is 2.79. The molecule has 0 aromatic heterocycles. The molecule has 0 atom stereocenters. The second-order valence-electron chi connectivity index (χ2n) is 8.43. The Labute approximate surface area is 179 Å². The first kappa shape index (κ1) is 22.0. The number of ether oxygens (including phenoxy) is 2. The van der Waals surface area contributed by atoms with E-state index in [1.54, 1.807) is 6.07 Å². The molecule has 0 unspecified atom stereocenters. The van der Waals surface area contributed by atoms with Crippen LogP contribution in [0.15, 0.2) is 43.0 Å². The van der Waals surface area contributed by atoms with Gasteiger partial charge in [-0.25, -0.2) is 17.6 Å². The molecule has 1 saturated carbocycles. The van der Waals surface area contributed by atoms with Gasteiger partial charge in [0.25, 0.3) is 0 Å². The van der Waals surface area contributed by atoms with Crippen molar-refractivity contribution in [2.24, 2.45) is 11.8 Å². The number of benzene rings is 2. The Bertz CT molecular complexity index is 906. The summed E-state index contributed by atoms with van der Waals surface area (Å²) in [5, 5.41) is 0. The van der Waals surface area contributed by atoms with Crippen LogP contribution in [0.4, 0.5) is 17.6 Å². The van der Waals surface area contributed by atoms with Gasteiger partial charge in [-0.1, -0.05) is 18.2 Å². The molecule has 2 nitrogen and oxygen atoms in total. The van der Waals surface area contributed by atoms with Gasteiger partial charge >= 0.3 is 0 Å². The predicted octanol–water partition coefficient (Wildman–Crippen LogP) is 6.69. The fraction of sp³-hybridized carbons (Fsp3) is 0.440. The molecule has 4 rings (SSSR count). The summed E-state index contributed by atoms with van der Waals surface area (Å²) in [5.74, 6) is -1.78. The van der Waals surface area contributed by atoms with Crippen LogP contribution < -0.4 is 0 Å². The molecule has 31 heavy (non-hydrogen) atoms. The molecule has 2 aromatic carbocycles. The van der Waals surface area contributed by atoms with Gasteiger partial charge in [0.1, 0.15) is 24.1 Å². The molecule has 2 fully saturated rings. The Kier molecular flexibility index (Phi) is 6.77. The molecule has 1 heterocycles. The molecule has 0 bridgehead atoms. The molecule has 2 aromatic rings. The Balaban J connectivity index is 1.42. The summed E-state index contributed by atoms with van der Waals surface area (Å²) in [6.07, 6.45) is 5.31. The van der Waals surface area contributed by atoms with Gasteiger partial charge in [0, 0.05) is 17.4 Å². The summed E-state index contributed by atoms with van der Waals surface area (Å²) in [6.45, 7) is 3.80. The summed E-state index contributed by atoms with van der Waals surface area (Å²) >= 11 is 0. The first-order valence-corrected chi connectivity index (χ1v) is 10.7. The lowest BCUT2D eigenvalue weighted by Gasteiger charge is -2.37. The maximum absolute atomic E-state index is 14.8. The third-order valence-electron chi connectivity index (χ3n) is 6.49. The van der Waals surface area contributed by atoms with E-state index in [-0.39, 0.29) is 29.3 Å². The third-order valence-corrected chi connectivity index (χ3v) is 6.49. The van der Waals surface area contributed by atoms with E-state index in [0.717, 1.165) is 43.4 Å². The summed E-state index contributed by atoms with van der Waals surface area (Å²) < 4.78 is 67.0. The van der Waals surface area contributed by atoms with Crippen molar-refractivity contribution in [2.75, 3.05) is 13.2 Å². The van der Waals surface area contributed by atoms with E-state index in [2.05, 4.69) is 6.58 Å². The van der Waals surface area contributed by atoms with Crippen LogP contribution in [0.25, 0.3) is 11.1 Å². The summed E-state index contributed by atoms with van der Waals surface area (Å²) in [6, 6.07) is 6.75. The zero-order valence-corrected chi connectivity index (χ0v) is 17.3. The van der Waals surface area contributed by atoms with Crippen LogP contribution in [0.2, 0.25) is 0 Å². The lowest BCUT2D eigenvalue weighted by molar-refractivity contribution is -0.222. The number of hydrogen-bond acceptors (Lipinski definition) is 2. The van der Waals surface area contributed by atoms with Crippen LogP contribution in [-0.2, 0) is 16.1 Å². The van der Waals surface area contributed by atoms with Gasteiger partial charge in [-0.2, -0.15) is 0 Å². The van der Waals surface area contributed by atoms with Gasteiger partial charge in [-0.05, 0) is 60.9 Å². The summed E-state index contributed by atoms with van der Waals surface area (Å²) in [5.41, 5.74) is 0.396. The van der Waals surface area contributed by atoms with Crippen molar-refractivity contribution < 1.29 is 27.0 Å². The first-order valence-electron chi connectivity index (χ1n) is 10.7. The number of halogens is 4. The predicted molar refractivity (Wildman–Crippen MR) is 111 cm³/mol. The highest BCUT2D eigenvalue weighted by atomic mass is 19.1. The second kappa shape index (κ2) is 9.53. The fourth-order valence-electron chi connectivity index (χ4n) is 4.57. The van der Waals surface area contributed by atoms with Crippen LogP contribution in [0, 0.1) is 29.3 Å². The molecular weight excluding hydrogens is 408 g/mol. The Morgan fingerprint density at radius 3 is 2.10 bits per heavy atom.